The summed E-state index contributed by atoms with van der Waals surface area (Å²) in [7, 11) is 1.90. The Morgan fingerprint density at radius 2 is 2.11 bits per heavy atom. The smallest absolute Gasteiger partial charge is 0.225 e. The van der Waals surface area contributed by atoms with Gasteiger partial charge in [0.15, 0.2) is 0 Å². The molecule has 1 N–H and O–H groups in total. The van der Waals surface area contributed by atoms with Crippen molar-refractivity contribution >= 4 is 5.91 Å². The molecule has 5 nitrogen and oxygen atoms in total. The first-order valence-electron chi connectivity index (χ1n) is 6.92. The molecule has 0 aromatic heterocycles. The number of carbonyl (C=O) groups excluding carboxylic acids is 1. The van der Waals surface area contributed by atoms with E-state index >= 15 is 0 Å². The minimum atomic E-state index is 0.161. The standard InChI is InChI=1S/C13H24N2O3/c1-15(6-2-12-10-14-5-9-18-12)13(16)11-3-7-17-8-4-11/h11-12,14H,2-10H2,1H3. The maximum atomic E-state index is 12.2. The van der Waals surface area contributed by atoms with Crippen molar-refractivity contribution < 1.29 is 14.3 Å². The molecule has 2 saturated heterocycles. The topological polar surface area (TPSA) is 50.8 Å². The summed E-state index contributed by atoms with van der Waals surface area (Å²) in [5.74, 6) is 0.427. The number of nitrogens with zero attached hydrogens (tertiary/aromatic N) is 1. The van der Waals surface area contributed by atoms with Crippen LogP contribution in [0, 0.1) is 5.92 Å². The van der Waals surface area contributed by atoms with Gasteiger partial charge in [0, 0.05) is 45.8 Å². The molecule has 2 fully saturated rings. The van der Waals surface area contributed by atoms with Crippen LogP contribution in [-0.2, 0) is 14.3 Å². The van der Waals surface area contributed by atoms with Crippen LogP contribution in [0.3, 0.4) is 0 Å². The van der Waals surface area contributed by atoms with Gasteiger partial charge in [-0.2, -0.15) is 0 Å². The van der Waals surface area contributed by atoms with Crippen molar-refractivity contribution in [3.05, 3.63) is 0 Å². The van der Waals surface area contributed by atoms with Gasteiger partial charge in [0.25, 0.3) is 0 Å². The van der Waals surface area contributed by atoms with E-state index in [1.807, 2.05) is 11.9 Å². The van der Waals surface area contributed by atoms with Crippen molar-refractivity contribution in [3.63, 3.8) is 0 Å². The lowest BCUT2D eigenvalue weighted by Crippen LogP contribution is -2.42. The predicted octanol–water partition coefficient (Wildman–Crippen LogP) is 0.250. The second-order valence-corrected chi connectivity index (χ2v) is 5.13. The molecule has 0 bridgehead atoms. The van der Waals surface area contributed by atoms with Gasteiger partial charge in [0.2, 0.25) is 5.91 Å². The van der Waals surface area contributed by atoms with Crippen LogP contribution in [0.25, 0.3) is 0 Å². The Morgan fingerprint density at radius 3 is 2.78 bits per heavy atom. The Morgan fingerprint density at radius 1 is 1.33 bits per heavy atom. The van der Waals surface area contributed by atoms with Gasteiger partial charge in [-0.3, -0.25) is 4.79 Å². The van der Waals surface area contributed by atoms with Crippen molar-refractivity contribution in [2.75, 3.05) is 46.5 Å². The number of rotatable bonds is 4. The average Bonchev–Trinajstić information content (AvgIpc) is 2.46. The predicted molar refractivity (Wildman–Crippen MR) is 68.4 cm³/mol. The molecule has 1 amide bonds. The summed E-state index contributed by atoms with van der Waals surface area (Å²) in [5.41, 5.74) is 0. The summed E-state index contributed by atoms with van der Waals surface area (Å²) in [4.78, 5) is 14.0. The molecule has 104 valence electrons. The van der Waals surface area contributed by atoms with Crippen molar-refractivity contribution in [1.29, 1.82) is 0 Å². The van der Waals surface area contributed by atoms with E-state index in [4.69, 9.17) is 9.47 Å². The highest BCUT2D eigenvalue weighted by Crippen LogP contribution is 2.17. The van der Waals surface area contributed by atoms with E-state index in [9.17, 15) is 4.79 Å². The van der Waals surface area contributed by atoms with Gasteiger partial charge in [0.05, 0.1) is 12.7 Å². The van der Waals surface area contributed by atoms with Crippen LogP contribution in [0.2, 0.25) is 0 Å². The fraction of sp³-hybridized carbons (Fsp3) is 0.923. The summed E-state index contributed by atoms with van der Waals surface area (Å²) in [5, 5.41) is 3.31. The number of carbonyl (C=O) groups is 1. The SMILES string of the molecule is CN(CCC1CNCCO1)C(=O)C1CCOCC1. The van der Waals surface area contributed by atoms with Gasteiger partial charge >= 0.3 is 0 Å². The molecule has 0 aromatic carbocycles. The molecule has 2 rings (SSSR count). The van der Waals surface area contributed by atoms with Crippen molar-refractivity contribution in [2.24, 2.45) is 5.92 Å². The Balaban J connectivity index is 1.69. The van der Waals surface area contributed by atoms with Crippen LogP contribution in [0.15, 0.2) is 0 Å². The molecular weight excluding hydrogens is 232 g/mol. The third-order valence-corrected chi connectivity index (χ3v) is 3.74. The van der Waals surface area contributed by atoms with E-state index in [2.05, 4.69) is 5.32 Å². The minimum absolute atomic E-state index is 0.161. The minimum Gasteiger partial charge on any atom is -0.381 e. The Hall–Kier alpha value is -0.650. The first-order valence-corrected chi connectivity index (χ1v) is 6.92. The summed E-state index contributed by atoms with van der Waals surface area (Å²) in [6.07, 6.45) is 2.90. The lowest BCUT2D eigenvalue weighted by Gasteiger charge is -2.29. The Bertz CT molecular complexity index is 261. The molecule has 0 saturated carbocycles. The molecule has 0 radical (unpaired) electrons. The Labute approximate surface area is 109 Å². The number of hydrogen-bond donors (Lipinski definition) is 1. The number of nitrogens with one attached hydrogen (secondary N) is 1. The van der Waals surface area contributed by atoms with Crippen LogP contribution >= 0.6 is 0 Å². The summed E-state index contributed by atoms with van der Waals surface area (Å²) >= 11 is 0. The second kappa shape index (κ2) is 7.07. The molecule has 0 aliphatic carbocycles. The van der Waals surface area contributed by atoms with E-state index in [-0.39, 0.29) is 17.9 Å². The van der Waals surface area contributed by atoms with Crippen LogP contribution in [0.4, 0.5) is 0 Å². The second-order valence-electron chi connectivity index (χ2n) is 5.13. The molecular formula is C13H24N2O3. The third kappa shape index (κ3) is 3.93. The van der Waals surface area contributed by atoms with Gasteiger partial charge in [-0.05, 0) is 19.3 Å². The largest absolute Gasteiger partial charge is 0.381 e. The van der Waals surface area contributed by atoms with Crippen molar-refractivity contribution in [2.45, 2.75) is 25.4 Å². The van der Waals surface area contributed by atoms with Crippen LogP contribution < -0.4 is 5.32 Å². The fourth-order valence-electron chi connectivity index (χ4n) is 2.51. The fourth-order valence-corrected chi connectivity index (χ4v) is 2.51. The van der Waals surface area contributed by atoms with Gasteiger partial charge in [-0.15, -0.1) is 0 Å². The number of amides is 1. The zero-order valence-electron chi connectivity index (χ0n) is 11.2. The zero-order chi connectivity index (χ0) is 12.8. The number of morpholine rings is 1. The monoisotopic (exact) mass is 256 g/mol. The maximum absolute atomic E-state index is 12.2. The van der Waals surface area contributed by atoms with Crippen molar-refractivity contribution in [3.8, 4) is 0 Å². The van der Waals surface area contributed by atoms with Gasteiger partial charge < -0.3 is 19.7 Å². The summed E-state index contributed by atoms with van der Waals surface area (Å²) < 4.78 is 10.9. The molecule has 18 heavy (non-hydrogen) atoms. The highest BCUT2D eigenvalue weighted by molar-refractivity contribution is 5.78. The number of ether oxygens (including phenoxy) is 2. The summed E-state index contributed by atoms with van der Waals surface area (Å²) in [6, 6.07) is 0. The first-order chi connectivity index (χ1) is 8.77. The molecule has 5 heteroatoms. The molecule has 0 spiro atoms. The third-order valence-electron chi connectivity index (χ3n) is 3.74. The molecule has 2 aliphatic rings. The molecule has 1 atom stereocenters. The molecule has 1 unspecified atom stereocenters. The highest BCUT2D eigenvalue weighted by Gasteiger charge is 2.25. The van der Waals surface area contributed by atoms with Crippen LogP contribution in [0.1, 0.15) is 19.3 Å². The van der Waals surface area contributed by atoms with Crippen LogP contribution in [0.5, 0.6) is 0 Å². The van der Waals surface area contributed by atoms with Gasteiger partial charge in [0.1, 0.15) is 0 Å². The van der Waals surface area contributed by atoms with E-state index in [0.717, 1.165) is 58.7 Å². The van der Waals surface area contributed by atoms with Crippen LogP contribution in [-0.4, -0.2) is 63.4 Å². The lowest BCUT2D eigenvalue weighted by atomic mass is 9.99. The Kier molecular flexibility index (Phi) is 5.41. The quantitative estimate of drug-likeness (QED) is 0.783. The normalized spacial score (nSPS) is 25.9. The van der Waals surface area contributed by atoms with Gasteiger partial charge in [-0.25, -0.2) is 0 Å². The van der Waals surface area contributed by atoms with Crippen molar-refractivity contribution in [1.82, 2.24) is 10.2 Å². The van der Waals surface area contributed by atoms with E-state index in [0.29, 0.717) is 0 Å². The van der Waals surface area contributed by atoms with E-state index in [1.54, 1.807) is 0 Å². The van der Waals surface area contributed by atoms with E-state index in [1.165, 1.54) is 0 Å². The van der Waals surface area contributed by atoms with E-state index < -0.39 is 0 Å². The number of hydrogen-bond acceptors (Lipinski definition) is 4. The molecule has 2 heterocycles. The maximum Gasteiger partial charge on any atom is 0.225 e. The first kappa shape index (κ1) is 13.8. The lowest BCUT2D eigenvalue weighted by molar-refractivity contribution is -0.137. The van der Waals surface area contributed by atoms with Gasteiger partial charge in [-0.1, -0.05) is 0 Å². The molecule has 2 aliphatic heterocycles. The zero-order valence-corrected chi connectivity index (χ0v) is 11.2. The average molecular weight is 256 g/mol. The molecule has 0 aromatic rings. The summed E-state index contributed by atoms with van der Waals surface area (Å²) in [6.45, 7) is 4.84. The highest BCUT2D eigenvalue weighted by atomic mass is 16.5.